The lowest BCUT2D eigenvalue weighted by atomic mass is 9.93. The predicted molar refractivity (Wildman–Crippen MR) is 89.9 cm³/mol. The fraction of sp³-hybridized carbons (Fsp3) is 0.588. The highest BCUT2D eigenvalue weighted by Crippen LogP contribution is 2.41. The standard InChI is InChI=1S/C17H22N6O/c1-2-10-5-11(20-12-8-24-9-12)6-13(10)17-22-21-15-7-19-16-14(23(15)17)3-4-18-16/h3-4,7,10-13,18,20H,2,5-6,8-9H2,1H3/t10-,11+,13?/m1/s1. The van der Waals surface area contributed by atoms with Crippen molar-refractivity contribution < 1.29 is 4.74 Å². The number of ether oxygens (including phenoxy) is 1. The third-order valence-corrected chi connectivity index (χ3v) is 5.63. The Hall–Kier alpha value is -1.99. The van der Waals surface area contributed by atoms with Gasteiger partial charge in [0.2, 0.25) is 0 Å². The van der Waals surface area contributed by atoms with Crippen LogP contribution in [0.25, 0.3) is 16.8 Å². The van der Waals surface area contributed by atoms with Crippen molar-refractivity contribution in [3.63, 3.8) is 0 Å². The third-order valence-electron chi connectivity index (χ3n) is 5.63. The maximum absolute atomic E-state index is 5.30. The number of nitrogens with zero attached hydrogens (tertiary/aromatic N) is 4. The van der Waals surface area contributed by atoms with Crippen molar-refractivity contribution in [2.24, 2.45) is 5.92 Å². The van der Waals surface area contributed by atoms with Crippen LogP contribution in [0, 0.1) is 5.92 Å². The van der Waals surface area contributed by atoms with Gasteiger partial charge in [0.15, 0.2) is 11.3 Å². The lowest BCUT2D eigenvalue weighted by molar-refractivity contribution is -0.00987. The molecule has 3 aromatic heterocycles. The largest absolute Gasteiger partial charge is 0.378 e. The second-order valence-corrected chi connectivity index (χ2v) is 7.07. The van der Waals surface area contributed by atoms with E-state index in [1.165, 1.54) is 12.8 Å². The van der Waals surface area contributed by atoms with Gasteiger partial charge < -0.3 is 15.0 Å². The van der Waals surface area contributed by atoms with Gasteiger partial charge >= 0.3 is 0 Å². The van der Waals surface area contributed by atoms with Crippen LogP contribution in [-0.2, 0) is 4.74 Å². The maximum atomic E-state index is 5.30. The van der Waals surface area contributed by atoms with E-state index in [9.17, 15) is 0 Å². The number of fused-ring (bicyclic) bond motifs is 3. The van der Waals surface area contributed by atoms with Crippen molar-refractivity contribution in [1.29, 1.82) is 0 Å². The van der Waals surface area contributed by atoms with E-state index in [2.05, 4.69) is 42.9 Å². The molecule has 1 unspecified atom stereocenters. The molecule has 4 heterocycles. The van der Waals surface area contributed by atoms with E-state index in [4.69, 9.17) is 4.74 Å². The fourth-order valence-corrected chi connectivity index (χ4v) is 4.33. The molecule has 0 bridgehead atoms. The molecule has 1 aliphatic heterocycles. The van der Waals surface area contributed by atoms with Gasteiger partial charge in [-0.25, -0.2) is 4.98 Å². The van der Waals surface area contributed by atoms with Crippen molar-refractivity contribution in [2.75, 3.05) is 13.2 Å². The van der Waals surface area contributed by atoms with E-state index >= 15 is 0 Å². The van der Waals surface area contributed by atoms with Crippen molar-refractivity contribution >= 4 is 16.8 Å². The Balaban J connectivity index is 1.52. The Morgan fingerprint density at radius 2 is 2.21 bits per heavy atom. The van der Waals surface area contributed by atoms with Crippen LogP contribution in [0.4, 0.5) is 0 Å². The van der Waals surface area contributed by atoms with Gasteiger partial charge in [0, 0.05) is 18.2 Å². The number of H-pyrrole nitrogens is 1. The summed E-state index contributed by atoms with van der Waals surface area (Å²) in [7, 11) is 0. The topological polar surface area (TPSA) is 80.1 Å². The first-order valence-corrected chi connectivity index (χ1v) is 8.84. The van der Waals surface area contributed by atoms with Crippen molar-refractivity contribution in [3.05, 3.63) is 24.3 Å². The van der Waals surface area contributed by atoms with E-state index in [-0.39, 0.29) is 0 Å². The van der Waals surface area contributed by atoms with Crippen LogP contribution < -0.4 is 5.32 Å². The molecule has 7 heteroatoms. The molecule has 0 aromatic carbocycles. The van der Waals surface area contributed by atoms with E-state index in [0.29, 0.717) is 23.9 Å². The van der Waals surface area contributed by atoms with Crippen LogP contribution in [0.5, 0.6) is 0 Å². The van der Waals surface area contributed by atoms with E-state index < -0.39 is 0 Å². The summed E-state index contributed by atoms with van der Waals surface area (Å²) in [4.78, 5) is 7.60. The monoisotopic (exact) mass is 326 g/mol. The Morgan fingerprint density at radius 3 is 3.00 bits per heavy atom. The highest BCUT2D eigenvalue weighted by molar-refractivity contribution is 5.74. The number of hydrogen-bond acceptors (Lipinski definition) is 5. The van der Waals surface area contributed by atoms with Crippen LogP contribution in [0.1, 0.15) is 37.9 Å². The molecule has 0 radical (unpaired) electrons. The number of aromatic amines is 1. The molecule has 126 valence electrons. The molecule has 5 rings (SSSR count). The fourth-order valence-electron chi connectivity index (χ4n) is 4.33. The quantitative estimate of drug-likeness (QED) is 0.765. The second kappa shape index (κ2) is 5.53. The summed E-state index contributed by atoms with van der Waals surface area (Å²) in [6.45, 7) is 3.98. The third kappa shape index (κ3) is 2.15. The summed E-state index contributed by atoms with van der Waals surface area (Å²) >= 11 is 0. The number of nitrogens with one attached hydrogen (secondary N) is 2. The van der Waals surface area contributed by atoms with Crippen LogP contribution >= 0.6 is 0 Å². The zero-order valence-electron chi connectivity index (χ0n) is 13.8. The molecule has 0 spiro atoms. The lowest BCUT2D eigenvalue weighted by Crippen LogP contribution is -2.49. The van der Waals surface area contributed by atoms with Crippen molar-refractivity contribution in [2.45, 2.75) is 44.2 Å². The average molecular weight is 326 g/mol. The molecule has 2 fully saturated rings. The molecule has 3 atom stereocenters. The first kappa shape index (κ1) is 14.4. The van der Waals surface area contributed by atoms with Gasteiger partial charge in [-0.3, -0.25) is 4.40 Å². The van der Waals surface area contributed by atoms with Gasteiger partial charge in [0.1, 0.15) is 5.82 Å². The normalized spacial score (nSPS) is 28.0. The molecular weight excluding hydrogens is 304 g/mol. The minimum atomic E-state index is 0.434. The average Bonchev–Trinajstić information content (AvgIpc) is 3.26. The van der Waals surface area contributed by atoms with E-state index in [1.54, 1.807) is 6.20 Å². The van der Waals surface area contributed by atoms with E-state index in [0.717, 1.165) is 42.3 Å². The van der Waals surface area contributed by atoms with E-state index in [1.807, 2.05) is 6.20 Å². The number of aromatic nitrogens is 5. The number of hydrogen-bond donors (Lipinski definition) is 2. The predicted octanol–water partition coefficient (Wildman–Crippen LogP) is 1.87. The van der Waals surface area contributed by atoms with Crippen LogP contribution in [-0.4, -0.2) is 49.9 Å². The summed E-state index contributed by atoms with van der Waals surface area (Å²) in [6.07, 6.45) is 7.21. The Morgan fingerprint density at radius 1 is 1.29 bits per heavy atom. The zero-order valence-corrected chi connectivity index (χ0v) is 13.8. The summed E-state index contributed by atoms with van der Waals surface area (Å²) in [5.74, 6) is 2.15. The van der Waals surface area contributed by atoms with Crippen LogP contribution in [0.15, 0.2) is 18.5 Å². The van der Waals surface area contributed by atoms with Gasteiger partial charge in [-0.05, 0) is 24.8 Å². The minimum Gasteiger partial charge on any atom is -0.378 e. The molecule has 24 heavy (non-hydrogen) atoms. The summed E-state index contributed by atoms with van der Waals surface area (Å²) in [5, 5.41) is 12.7. The first-order valence-electron chi connectivity index (χ1n) is 8.84. The molecule has 2 aliphatic rings. The summed E-state index contributed by atoms with van der Waals surface area (Å²) < 4.78 is 7.48. The zero-order chi connectivity index (χ0) is 16.1. The molecule has 1 aliphatic carbocycles. The lowest BCUT2D eigenvalue weighted by Gasteiger charge is -2.30. The van der Waals surface area contributed by atoms with Crippen molar-refractivity contribution in [3.8, 4) is 0 Å². The van der Waals surface area contributed by atoms with Gasteiger partial charge in [-0.1, -0.05) is 13.3 Å². The van der Waals surface area contributed by atoms with Gasteiger partial charge in [0.05, 0.1) is 31.0 Å². The molecule has 0 amide bonds. The maximum Gasteiger partial charge on any atom is 0.179 e. The first-order chi connectivity index (χ1) is 11.8. The smallest absolute Gasteiger partial charge is 0.179 e. The molecule has 3 aromatic rings. The van der Waals surface area contributed by atoms with Crippen LogP contribution in [0.3, 0.4) is 0 Å². The molecular formula is C17H22N6O. The highest BCUT2D eigenvalue weighted by Gasteiger charge is 2.38. The Bertz CT molecular complexity index is 866. The Labute approximate surface area is 139 Å². The molecule has 1 saturated heterocycles. The highest BCUT2D eigenvalue weighted by atomic mass is 16.5. The SMILES string of the molecule is CC[C@@H]1C[C@H](NC2COC2)CC1c1nnc2cnc3[nH]ccc3n12. The van der Waals surface area contributed by atoms with Crippen molar-refractivity contribution in [1.82, 2.24) is 29.9 Å². The van der Waals surface area contributed by atoms with Gasteiger partial charge in [0.25, 0.3) is 0 Å². The molecule has 1 saturated carbocycles. The summed E-state index contributed by atoms with van der Waals surface area (Å²) in [6, 6.07) is 3.13. The summed E-state index contributed by atoms with van der Waals surface area (Å²) in [5.41, 5.74) is 2.78. The van der Waals surface area contributed by atoms with Crippen LogP contribution in [0.2, 0.25) is 0 Å². The second-order valence-electron chi connectivity index (χ2n) is 7.07. The van der Waals surface area contributed by atoms with Gasteiger partial charge in [-0.2, -0.15) is 0 Å². The minimum absolute atomic E-state index is 0.434. The molecule has 2 N–H and O–H groups in total. The number of rotatable bonds is 4. The van der Waals surface area contributed by atoms with Gasteiger partial charge in [-0.15, -0.1) is 10.2 Å². The Kier molecular flexibility index (Phi) is 3.31. The molecule has 7 nitrogen and oxygen atoms in total.